The van der Waals surface area contributed by atoms with E-state index in [2.05, 4.69) is 22.5 Å². The van der Waals surface area contributed by atoms with Gasteiger partial charge in [0.15, 0.2) is 0 Å². The van der Waals surface area contributed by atoms with E-state index in [1.54, 1.807) is 6.92 Å². The number of fused-ring (bicyclic) bond motifs is 1. The molecule has 0 aliphatic heterocycles. The fourth-order valence-corrected chi connectivity index (χ4v) is 5.32. The van der Waals surface area contributed by atoms with E-state index < -0.39 is 29.6 Å². The van der Waals surface area contributed by atoms with E-state index in [1.807, 2.05) is 60.8 Å². The van der Waals surface area contributed by atoms with Crippen molar-refractivity contribution in [1.82, 2.24) is 15.6 Å². The standard InChI is InChI=1S/C30H37N3O5/c1-20-10-6-9-15-26(20)38-29(37)33-30(2,18-22-19-31-25-14-8-7-13-24(22)25)28(36)32-23(17-27(34)35)16-21-11-4-3-5-12-21/h3-5,7-8,11-14,19-20,23,26,31H,6,9-10,15-18H2,1-2H3,(H,32,36)(H,33,37)(H,34,35)/t20-,23+,26-,30-/m1/s1. The average Bonchev–Trinajstić information content (AvgIpc) is 3.28. The molecule has 38 heavy (non-hydrogen) atoms. The van der Waals surface area contributed by atoms with Crippen molar-refractivity contribution in [2.45, 2.75) is 76.5 Å². The Labute approximate surface area is 223 Å². The van der Waals surface area contributed by atoms with Gasteiger partial charge in [-0.15, -0.1) is 0 Å². The van der Waals surface area contributed by atoms with Crippen LogP contribution in [-0.2, 0) is 27.2 Å². The summed E-state index contributed by atoms with van der Waals surface area (Å²) in [7, 11) is 0. The SMILES string of the molecule is C[C@@H]1CCCC[C@H]1OC(=O)N[C@](C)(Cc1c[nH]c2ccccc12)C(=O)N[C@H](CC(=O)O)Cc1ccccc1. The highest BCUT2D eigenvalue weighted by Gasteiger charge is 2.39. The van der Waals surface area contributed by atoms with Gasteiger partial charge in [0.1, 0.15) is 11.6 Å². The topological polar surface area (TPSA) is 121 Å². The van der Waals surface area contributed by atoms with Crippen LogP contribution in [-0.4, -0.2) is 45.7 Å². The molecule has 1 fully saturated rings. The summed E-state index contributed by atoms with van der Waals surface area (Å²) < 4.78 is 5.79. The number of para-hydroxylation sites is 1. The van der Waals surface area contributed by atoms with Gasteiger partial charge in [0.05, 0.1) is 6.42 Å². The molecule has 8 heteroatoms. The van der Waals surface area contributed by atoms with E-state index in [-0.39, 0.29) is 24.9 Å². The molecule has 1 aliphatic carbocycles. The minimum Gasteiger partial charge on any atom is -0.481 e. The second-order valence-corrected chi connectivity index (χ2v) is 10.7. The predicted molar refractivity (Wildman–Crippen MR) is 146 cm³/mol. The molecule has 8 nitrogen and oxygen atoms in total. The first-order valence-electron chi connectivity index (χ1n) is 13.3. The van der Waals surface area contributed by atoms with E-state index in [0.29, 0.717) is 6.42 Å². The van der Waals surface area contributed by atoms with Crippen LogP contribution in [0.15, 0.2) is 60.8 Å². The number of aliphatic carboxylic acids is 1. The van der Waals surface area contributed by atoms with Crippen molar-refractivity contribution in [3.63, 3.8) is 0 Å². The van der Waals surface area contributed by atoms with Crippen LogP contribution in [0.25, 0.3) is 10.9 Å². The number of rotatable bonds is 10. The van der Waals surface area contributed by atoms with Gasteiger partial charge in [-0.1, -0.05) is 61.9 Å². The van der Waals surface area contributed by atoms with E-state index in [1.165, 1.54) is 0 Å². The number of carbonyl (C=O) groups excluding carboxylic acids is 2. The van der Waals surface area contributed by atoms with Crippen LogP contribution in [0.3, 0.4) is 0 Å². The van der Waals surface area contributed by atoms with Crippen molar-refractivity contribution in [2.75, 3.05) is 0 Å². The van der Waals surface area contributed by atoms with Gasteiger partial charge >= 0.3 is 12.1 Å². The molecule has 4 rings (SSSR count). The minimum atomic E-state index is -1.38. The number of amides is 2. The molecule has 0 saturated heterocycles. The lowest BCUT2D eigenvalue weighted by atomic mass is 9.88. The monoisotopic (exact) mass is 519 g/mol. The lowest BCUT2D eigenvalue weighted by Crippen LogP contribution is -2.60. The van der Waals surface area contributed by atoms with Crippen LogP contribution < -0.4 is 10.6 Å². The molecule has 0 bridgehead atoms. The van der Waals surface area contributed by atoms with Crippen molar-refractivity contribution < 1.29 is 24.2 Å². The fourth-order valence-electron chi connectivity index (χ4n) is 5.32. The van der Waals surface area contributed by atoms with Crippen molar-refractivity contribution in [3.05, 3.63) is 71.9 Å². The fraction of sp³-hybridized carbons (Fsp3) is 0.433. The average molecular weight is 520 g/mol. The maximum Gasteiger partial charge on any atom is 0.408 e. The minimum absolute atomic E-state index is 0.193. The summed E-state index contributed by atoms with van der Waals surface area (Å²) in [4.78, 5) is 41.8. The zero-order chi connectivity index (χ0) is 27.1. The molecule has 0 radical (unpaired) electrons. The summed E-state index contributed by atoms with van der Waals surface area (Å²) in [5, 5.41) is 16.2. The molecule has 1 aromatic heterocycles. The van der Waals surface area contributed by atoms with Gasteiger partial charge in [-0.3, -0.25) is 9.59 Å². The molecule has 202 valence electrons. The van der Waals surface area contributed by atoms with Crippen molar-refractivity contribution in [3.8, 4) is 0 Å². The Morgan fingerprint density at radius 1 is 1.08 bits per heavy atom. The summed E-state index contributed by atoms with van der Waals surface area (Å²) in [5.41, 5.74) is 1.32. The van der Waals surface area contributed by atoms with Gasteiger partial charge in [-0.2, -0.15) is 0 Å². The molecule has 0 unspecified atom stereocenters. The second-order valence-electron chi connectivity index (χ2n) is 10.7. The number of aromatic nitrogens is 1. The number of carboxylic acid groups (broad SMARTS) is 1. The first kappa shape index (κ1) is 27.2. The van der Waals surface area contributed by atoms with Crippen molar-refractivity contribution >= 4 is 28.9 Å². The van der Waals surface area contributed by atoms with Gasteiger partial charge in [0.2, 0.25) is 5.91 Å². The van der Waals surface area contributed by atoms with E-state index in [9.17, 15) is 19.5 Å². The van der Waals surface area contributed by atoms with Crippen molar-refractivity contribution in [1.29, 1.82) is 0 Å². The normalized spacial score (nSPS) is 19.7. The number of carbonyl (C=O) groups is 3. The molecule has 2 amide bonds. The number of hydrogen-bond acceptors (Lipinski definition) is 4. The summed E-state index contributed by atoms with van der Waals surface area (Å²) in [6.07, 6.45) is 5.25. The van der Waals surface area contributed by atoms with E-state index in [0.717, 1.165) is 47.7 Å². The summed E-state index contributed by atoms with van der Waals surface area (Å²) >= 11 is 0. The summed E-state index contributed by atoms with van der Waals surface area (Å²) in [6, 6.07) is 16.5. The first-order valence-corrected chi connectivity index (χ1v) is 13.3. The summed E-state index contributed by atoms with van der Waals surface area (Å²) in [5.74, 6) is -1.21. The quantitative estimate of drug-likeness (QED) is 0.301. The van der Waals surface area contributed by atoms with E-state index in [4.69, 9.17) is 4.74 Å². The third-order valence-corrected chi connectivity index (χ3v) is 7.47. The maximum absolute atomic E-state index is 13.8. The van der Waals surface area contributed by atoms with Crippen LogP contribution in [0, 0.1) is 5.92 Å². The largest absolute Gasteiger partial charge is 0.481 e. The number of nitrogens with one attached hydrogen (secondary N) is 3. The smallest absolute Gasteiger partial charge is 0.408 e. The molecule has 3 aromatic rings. The van der Waals surface area contributed by atoms with E-state index >= 15 is 0 Å². The Balaban J connectivity index is 1.57. The number of hydrogen-bond donors (Lipinski definition) is 4. The maximum atomic E-state index is 13.8. The molecule has 4 N–H and O–H groups in total. The van der Waals surface area contributed by atoms with Gasteiger partial charge < -0.3 is 25.5 Å². The highest BCUT2D eigenvalue weighted by Crippen LogP contribution is 2.27. The van der Waals surface area contributed by atoms with Gasteiger partial charge in [0, 0.05) is 29.6 Å². The Hall–Kier alpha value is -3.81. The molecule has 1 heterocycles. The molecular weight excluding hydrogens is 482 g/mol. The number of carboxylic acids is 1. The predicted octanol–water partition coefficient (Wildman–Crippen LogP) is 4.98. The Morgan fingerprint density at radius 2 is 1.79 bits per heavy atom. The molecule has 0 spiro atoms. The van der Waals surface area contributed by atoms with Crippen LogP contribution in [0.4, 0.5) is 4.79 Å². The van der Waals surface area contributed by atoms with Crippen LogP contribution in [0.2, 0.25) is 0 Å². The zero-order valence-corrected chi connectivity index (χ0v) is 22.0. The highest BCUT2D eigenvalue weighted by molar-refractivity contribution is 5.92. The molecule has 1 aliphatic rings. The van der Waals surface area contributed by atoms with Crippen LogP contribution in [0.5, 0.6) is 0 Å². The highest BCUT2D eigenvalue weighted by atomic mass is 16.6. The number of ether oxygens (including phenoxy) is 1. The Morgan fingerprint density at radius 3 is 2.53 bits per heavy atom. The lowest BCUT2D eigenvalue weighted by molar-refractivity contribution is -0.138. The Bertz CT molecular complexity index is 1260. The lowest BCUT2D eigenvalue weighted by Gasteiger charge is -2.33. The van der Waals surface area contributed by atoms with Gasteiger partial charge in [0.25, 0.3) is 0 Å². The molecule has 2 aromatic carbocycles. The number of aromatic amines is 1. The first-order chi connectivity index (χ1) is 18.2. The van der Waals surface area contributed by atoms with Gasteiger partial charge in [-0.05, 0) is 55.7 Å². The third kappa shape index (κ3) is 6.94. The van der Waals surface area contributed by atoms with Crippen LogP contribution >= 0.6 is 0 Å². The number of alkyl carbamates (subject to hydrolysis) is 1. The second kappa shape index (κ2) is 12.2. The third-order valence-electron chi connectivity index (χ3n) is 7.47. The molecular formula is C30H37N3O5. The van der Waals surface area contributed by atoms with Gasteiger partial charge in [-0.25, -0.2) is 4.79 Å². The Kier molecular flexibility index (Phi) is 8.71. The molecule has 1 saturated carbocycles. The van der Waals surface area contributed by atoms with Crippen LogP contribution in [0.1, 0.15) is 57.1 Å². The number of H-pyrrole nitrogens is 1. The zero-order valence-electron chi connectivity index (χ0n) is 22.0. The van der Waals surface area contributed by atoms with Crippen molar-refractivity contribution in [2.24, 2.45) is 5.92 Å². The molecule has 4 atom stereocenters. The summed E-state index contributed by atoms with van der Waals surface area (Å²) in [6.45, 7) is 3.74. The number of benzene rings is 2.